The van der Waals surface area contributed by atoms with Gasteiger partial charge in [0.1, 0.15) is 5.69 Å². The maximum atomic E-state index is 13.9. The van der Waals surface area contributed by atoms with E-state index in [1.54, 1.807) is 11.8 Å². The summed E-state index contributed by atoms with van der Waals surface area (Å²) >= 11 is 4.64. The SMILES string of the molecule is CC1CCC2(CC1)CSC(Nc1c(F)cc(Br)cc1F)=N2. The fraction of sp³-hybridized carbons (Fsp3) is 0.533. The third-order valence-corrected chi connectivity index (χ3v) is 5.87. The summed E-state index contributed by atoms with van der Waals surface area (Å²) in [5.74, 6) is 0.447. The molecule has 1 aliphatic carbocycles. The zero-order valence-corrected chi connectivity index (χ0v) is 14.2. The molecule has 1 fully saturated rings. The molecule has 3 rings (SSSR count). The summed E-state index contributed by atoms with van der Waals surface area (Å²) in [6, 6.07) is 2.51. The summed E-state index contributed by atoms with van der Waals surface area (Å²) in [5.41, 5.74) is -0.146. The Morgan fingerprint density at radius 1 is 1.29 bits per heavy atom. The molecule has 0 radical (unpaired) electrons. The minimum atomic E-state index is -0.608. The van der Waals surface area contributed by atoms with E-state index in [9.17, 15) is 8.78 Å². The third-order valence-electron chi connectivity index (χ3n) is 4.26. The van der Waals surface area contributed by atoms with Gasteiger partial charge in [-0.2, -0.15) is 0 Å². The molecule has 1 aliphatic heterocycles. The summed E-state index contributed by atoms with van der Waals surface area (Å²) in [6.07, 6.45) is 4.49. The second-order valence-corrected chi connectivity index (χ2v) is 7.86. The average Bonchev–Trinajstić information content (AvgIpc) is 2.81. The Bertz CT molecular complexity index is 560. The van der Waals surface area contributed by atoms with E-state index in [1.165, 1.54) is 25.0 Å². The zero-order valence-electron chi connectivity index (χ0n) is 11.8. The Balaban J connectivity index is 1.77. The van der Waals surface area contributed by atoms with Crippen molar-refractivity contribution in [3.8, 4) is 0 Å². The number of rotatable bonds is 1. The number of halogens is 3. The zero-order chi connectivity index (χ0) is 15.0. The predicted octanol–water partition coefficient (Wildman–Crippen LogP) is 5.19. The maximum absolute atomic E-state index is 13.9. The van der Waals surface area contributed by atoms with Crippen LogP contribution in [-0.2, 0) is 0 Å². The molecule has 0 amide bonds. The summed E-state index contributed by atoms with van der Waals surface area (Å²) in [5, 5.41) is 3.46. The Hall–Kier alpha value is -0.620. The van der Waals surface area contributed by atoms with Crippen LogP contribution >= 0.6 is 27.7 Å². The lowest BCUT2D eigenvalue weighted by Crippen LogP contribution is -2.32. The fourth-order valence-electron chi connectivity index (χ4n) is 2.87. The summed E-state index contributed by atoms with van der Waals surface area (Å²) in [7, 11) is 0. The van der Waals surface area contributed by atoms with Crippen LogP contribution in [0.2, 0.25) is 0 Å². The molecule has 6 heteroatoms. The molecular weight excluding hydrogens is 358 g/mol. The first-order valence-electron chi connectivity index (χ1n) is 7.12. The van der Waals surface area contributed by atoms with E-state index in [0.29, 0.717) is 9.64 Å². The number of hydrogen-bond acceptors (Lipinski definition) is 3. The van der Waals surface area contributed by atoms with E-state index in [1.807, 2.05) is 0 Å². The van der Waals surface area contributed by atoms with Crippen LogP contribution in [0.25, 0.3) is 0 Å². The van der Waals surface area contributed by atoms with Gasteiger partial charge in [0.25, 0.3) is 0 Å². The highest BCUT2D eigenvalue weighted by atomic mass is 79.9. The number of hydrogen-bond donors (Lipinski definition) is 1. The smallest absolute Gasteiger partial charge is 0.161 e. The molecular formula is C15H17BrF2N2S. The molecule has 2 nitrogen and oxygen atoms in total. The second-order valence-electron chi connectivity index (χ2n) is 5.98. The van der Waals surface area contributed by atoms with Crippen molar-refractivity contribution in [1.29, 1.82) is 0 Å². The van der Waals surface area contributed by atoms with Crippen molar-refractivity contribution in [2.24, 2.45) is 10.9 Å². The summed E-state index contributed by atoms with van der Waals surface area (Å²) in [4.78, 5) is 4.74. The van der Waals surface area contributed by atoms with Crippen molar-refractivity contribution in [2.45, 2.75) is 38.1 Å². The Kier molecular flexibility index (Phi) is 4.28. The molecule has 2 aliphatic rings. The van der Waals surface area contributed by atoms with Crippen molar-refractivity contribution in [3.63, 3.8) is 0 Å². The summed E-state index contributed by atoms with van der Waals surface area (Å²) < 4.78 is 28.1. The molecule has 114 valence electrons. The predicted molar refractivity (Wildman–Crippen MR) is 87.9 cm³/mol. The maximum Gasteiger partial charge on any atom is 0.161 e. The van der Waals surface area contributed by atoms with E-state index in [-0.39, 0.29) is 11.2 Å². The van der Waals surface area contributed by atoms with Gasteiger partial charge in [-0.1, -0.05) is 34.6 Å². The minimum absolute atomic E-state index is 0.0260. The molecule has 0 saturated heterocycles. The molecule has 1 heterocycles. The van der Waals surface area contributed by atoms with Gasteiger partial charge >= 0.3 is 0 Å². The molecule has 0 atom stereocenters. The van der Waals surface area contributed by atoms with Gasteiger partial charge in [-0.05, 0) is 43.7 Å². The van der Waals surface area contributed by atoms with Crippen molar-refractivity contribution in [1.82, 2.24) is 0 Å². The highest BCUT2D eigenvalue weighted by Crippen LogP contribution is 2.42. The van der Waals surface area contributed by atoms with Gasteiger partial charge in [0.2, 0.25) is 0 Å². The first-order chi connectivity index (χ1) is 9.97. The number of benzene rings is 1. The number of nitrogens with one attached hydrogen (secondary N) is 1. The van der Waals surface area contributed by atoms with E-state index < -0.39 is 11.6 Å². The highest BCUT2D eigenvalue weighted by molar-refractivity contribution is 9.10. The fourth-order valence-corrected chi connectivity index (χ4v) is 4.46. The third kappa shape index (κ3) is 3.26. The van der Waals surface area contributed by atoms with E-state index >= 15 is 0 Å². The molecule has 1 N–H and O–H groups in total. The van der Waals surface area contributed by atoms with Crippen molar-refractivity contribution in [2.75, 3.05) is 11.1 Å². The summed E-state index contributed by atoms with van der Waals surface area (Å²) in [6.45, 7) is 2.27. The van der Waals surface area contributed by atoms with Crippen LogP contribution < -0.4 is 5.32 Å². The average molecular weight is 375 g/mol. The number of thioether (sulfide) groups is 1. The minimum Gasteiger partial charge on any atom is -0.330 e. The van der Waals surface area contributed by atoms with Gasteiger partial charge in [0, 0.05) is 10.2 Å². The first kappa shape index (κ1) is 15.3. The Labute approximate surface area is 135 Å². The van der Waals surface area contributed by atoms with E-state index in [2.05, 4.69) is 28.2 Å². The molecule has 1 spiro atoms. The normalized spacial score (nSPS) is 28.8. The monoisotopic (exact) mass is 374 g/mol. The molecule has 0 unspecified atom stereocenters. The number of amidine groups is 1. The largest absolute Gasteiger partial charge is 0.330 e. The molecule has 0 aromatic heterocycles. The lowest BCUT2D eigenvalue weighted by molar-refractivity contribution is 0.273. The van der Waals surface area contributed by atoms with Crippen LogP contribution in [0.5, 0.6) is 0 Å². The topological polar surface area (TPSA) is 24.4 Å². The molecule has 21 heavy (non-hydrogen) atoms. The van der Waals surface area contributed by atoms with E-state index in [4.69, 9.17) is 4.99 Å². The highest BCUT2D eigenvalue weighted by Gasteiger charge is 2.38. The second kappa shape index (κ2) is 5.88. The number of anilines is 1. The first-order valence-corrected chi connectivity index (χ1v) is 8.89. The van der Waals surface area contributed by atoms with Gasteiger partial charge in [-0.3, -0.25) is 4.99 Å². The van der Waals surface area contributed by atoms with Crippen LogP contribution in [-0.4, -0.2) is 16.5 Å². The lowest BCUT2D eigenvalue weighted by Gasteiger charge is -2.32. The number of nitrogens with zero attached hydrogens (tertiary/aromatic N) is 1. The van der Waals surface area contributed by atoms with Crippen LogP contribution in [0.15, 0.2) is 21.6 Å². The van der Waals surface area contributed by atoms with Crippen LogP contribution in [0.3, 0.4) is 0 Å². The van der Waals surface area contributed by atoms with Crippen molar-refractivity contribution >= 4 is 38.5 Å². The van der Waals surface area contributed by atoms with Gasteiger partial charge in [-0.15, -0.1) is 0 Å². The molecule has 1 aromatic rings. The van der Waals surface area contributed by atoms with Gasteiger partial charge in [-0.25, -0.2) is 8.78 Å². The van der Waals surface area contributed by atoms with Gasteiger partial charge in [0.05, 0.1) is 5.54 Å². The van der Waals surface area contributed by atoms with Crippen molar-refractivity contribution in [3.05, 3.63) is 28.2 Å². The quantitative estimate of drug-likeness (QED) is 0.731. The number of aliphatic imine (C=N–C) groups is 1. The Morgan fingerprint density at radius 2 is 1.90 bits per heavy atom. The molecule has 0 bridgehead atoms. The van der Waals surface area contributed by atoms with Gasteiger partial charge in [0.15, 0.2) is 16.8 Å². The van der Waals surface area contributed by atoms with Crippen LogP contribution in [0.1, 0.15) is 32.6 Å². The lowest BCUT2D eigenvalue weighted by atomic mass is 9.79. The standard InChI is InChI=1S/C15H17BrF2N2S/c1-9-2-4-15(5-3-9)8-21-14(20-15)19-13-11(17)6-10(16)7-12(13)18/h6-7,9H,2-5,8H2,1H3,(H,19,20). The molecule has 1 saturated carbocycles. The Morgan fingerprint density at radius 3 is 2.52 bits per heavy atom. The molecule has 1 aromatic carbocycles. The van der Waals surface area contributed by atoms with Crippen LogP contribution in [0.4, 0.5) is 14.5 Å². The van der Waals surface area contributed by atoms with Gasteiger partial charge < -0.3 is 5.32 Å². The van der Waals surface area contributed by atoms with Crippen LogP contribution in [0, 0.1) is 17.6 Å². The van der Waals surface area contributed by atoms with Crippen molar-refractivity contribution < 1.29 is 8.78 Å². The van der Waals surface area contributed by atoms with E-state index in [0.717, 1.165) is 24.5 Å².